The number of H-pyrrole nitrogens is 1. The van der Waals surface area contributed by atoms with Crippen LogP contribution in [-0.2, 0) is 0 Å². The van der Waals surface area contributed by atoms with Gasteiger partial charge in [0.1, 0.15) is 0 Å². The van der Waals surface area contributed by atoms with Crippen molar-refractivity contribution in [3.05, 3.63) is 34.4 Å². The molecule has 2 aromatic rings. The molecule has 1 N–H and O–H groups in total. The second-order valence-corrected chi connectivity index (χ2v) is 2.46. The molecule has 0 aliphatic heterocycles. The fourth-order valence-corrected chi connectivity index (χ4v) is 1.01. The molecule has 0 saturated carbocycles. The fraction of sp³-hybridized carbons (Fsp3) is 0.143. The molecule has 56 valence electrons. The van der Waals surface area contributed by atoms with E-state index in [2.05, 4.69) is 10.2 Å². The molecular weight excluding hydrogens is 142 g/mol. The number of hydrogen-bond acceptors (Lipinski definition) is 2. The second kappa shape index (κ2) is 1.95. The maximum Gasteiger partial charge on any atom is 0.347 e. The van der Waals surface area contributed by atoms with E-state index in [-0.39, 0.29) is 5.69 Å². The molecule has 2 aromatic heterocycles. The topological polar surface area (TPSA) is 50.2 Å². The molecule has 0 unspecified atom stereocenters. The van der Waals surface area contributed by atoms with Crippen molar-refractivity contribution in [1.29, 1.82) is 0 Å². The summed E-state index contributed by atoms with van der Waals surface area (Å²) < 4.78 is 1.47. The van der Waals surface area contributed by atoms with Gasteiger partial charge >= 0.3 is 5.69 Å². The lowest BCUT2D eigenvalue weighted by molar-refractivity contribution is 1.02. The SMILES string of the molecule is Cc1ccn2c(=O)[nH]nc2c1. The summed E-state index contributed by atoms with van der Waals surface area (Å²) in [5, 5.41) is 6.17. The summed E-state index contributed by atoms with van der Waals surface area (Å²) in [5.74, 6) is 0. The summed E-state index contributed by atoms with van der Waals surface area (Å²) in [4.78, 5) is 10.9. The summed E-state index contributed by atoms with van der Waals surface area (Å²) in [6, 6.07) is 3.71. The maximum absolute atomic E-state index is 10.9. The third-order valence-corrected chi connectivity index (χ3v) is 1.57. The van der Waals surface area contributed by atoms with Gasteiger partial charge in [-0.25, -0.2) is 9.89 Å². The average molecular weight is 149 g/mol. The Bertz CT molecular complexity index is 440. The lowest BCUT2D eigenvalue weighted by Crippen LogP contribution is -2.08. The van der Waals surface area contributed by atoms with Crippen LogP contribution in [0.25, 0.3) is 5.65 Å². The number of pyridine rings is 1. The van der Waals surface area contributed by atoms with Crippen molar-refractivity contribution in [2.75, 3.05) is 0 Å². The van der Waals surface area contributed by atoms with Gasteiger partial charge in [0.2, 0.25) is 0 Å². The predicted octanol–water partition coefficient (Wildman–Crippen LogP) is 0.331. The molecule has 0 radical (unpaired) electrons. The molecule has 0 fully saturated rings. The molecule has 4 nitrogen and oxygen atoms in total. The first-order chi connectivity index (χ1) is 5.27. The number of hydrogen-bond donors (Lipinski definition) is 1. The summed E-state index contributed by atoms with van der Waals surface area (Å²) in [5.41, 5.74) is 1.56. The Balaban J connectivity index is 2.97. The Kier molecular flexibility index (Phi) is 1.09. The molecule has 0 amide bonds. The standard InChI is InChI=1S/C7H7N3O/c1-5-2-3-10-6(4-5)8-9-7(10)11/h2-4H,1H3,(H,9,11). The quantitative estimate of drug-likeness (QED) is 0.586. The van der Waals surface area contributed by atoms with Crippen LogP contribution >= 0.6 is 0 Å². The van der Waals surface area contributed by atoms with Gasteiger partial charge in [-0.2, -0.15) is 5.10 Å². The Hall–Kier alpha value is -1.58. The smallest absolute Gasteiger partial charge is 0.250 e. The third-order valence-electron chi connectivity index (χ3n) is 1.57. The zero-order chi connectivity index (χ0) is 7.84. The normalized spacial score (nSPS) is 10.6. The van der Waals surface area contributed by atoms with Crippen LogP contribution in [0.4, 0.5) is 0 Å². The molecule has 0 aromatic carbocycles. The van der Waals surface area contributed by atoms with Crippen LogP contribution in [0.15, 0.2) is 23.1 Å². The zero-order valence-corrected chi connectivity index (χ0v) is 6.03. The number of aromatic amines is 1. The van der Waals surface area contributed by atoms with Crippen LogP contribution in [-0.4, -0.2) is 14.6 Å². The van der Waals surface area contributed by atoms with Crippen molar-refractivity contribution < 1.29 is 0 Å². The first-order valence-electron chi connectivity index (χ1n) is 3.31. The number of rotatable bonds is 0. The van der Waals surface area contributed by atoms with Gasteiger partial charge < -0.3 is 0 Å². The minimum absolute atomic E-state index is 0.194. The molecule has 4 heteroatoms. The van der Waals surface area contributed by atoms with Crippen LogP contribution in [0.2, 0.25) is 0 Å². The Morgan fingerprint density at radius 2 is 2.45 bits per heavy atom. The van der Waals surface area contributed by atoms with E-state index in [1.165, 1.54) is 4.40 Å². The van der Waals surface area contributed by atoms with E-state index >= 15 is 0 Å². The lowest BCUT2D eigenvalue weighted by Gasteiger charge is -1.90. The van der Waals surface area contributed by atoms with Gasteiger partial charge in [0.25, 0.3) is 0 Å². The van der Waals surface area contributed by atoms with Crippen LogP contribution in [0.3, 0.4) is 0 Å². The minimum atomic E-state index is -0.194. The van der Waals surface area contributed by atoms with E-state index in [0.717, 1.165) is 5.56 Å². The van der Waals surface area contributed by atoms with Gasteiger partial charge in [0.15, 0.2) is 5.65 Å². The van der Waals surface area contributed by atoms with Crippen molar-refractivity contribution in [3.63, 3.8) is 0 Å². The van der Waals surface area contributed by atoms with Crippen LogP contribution in [0, 0.1) is 6.92 Å². The Labute approximate surface area is 62.5 Å². The van der Waals surface area contributed by atoms with Gasteiger partial charge in [-0.1, -0.05) is 0 Å². The Morgan fingerprint density at radius 1 is 1.64 bits per heavy atom. The van der Waals surface area contributed by atoms with E-state index in [0.29, 0.717) is 5.65 Å². The van der Waals surface area contributed by atoms with E-state index in [1.807, 2.05) is 19.1 Å². The summed E-state index contributed by atoms with van der Waals surface area (Å²) >= 11 is 0. The highest BCUT2D eigenvalue weighted by atomic mass is 16.1. The molecule has 0 aliphatic carbocycles. The van der Waals surface area contributed by atoms with E-state index in [9.17, 15) is 4.79 Å². The molecule has 2 heterocycles. The highest BCUT2D eigenvalue weighted by molar-refractivity contribution is 5.38. The van der Waals surface area contributed by atoms with Crippen molar-refractivity contribution >= 4 is 5.65 Å². The largest absolute Gasteiger partial charge is 0.347 e. The van der Waals surface area contributed by atoms with Gasteiger partial charge in [0.05, 0.1) is 0 Å². The van der Waals surface area contributed by atoms with Crippen molar-refractivity contribution in [2.45, 2.75) is 6.92 Å². The molecule has 11 heavy (non-hydrogen) atoms. The van der Waals surface area contributed by atoms with Crippen LogP contribution < -0.4 is 5.69 Å². The highest BCUT2D eigenvalue weighted by Crippen LogP contribution is 1.98. The van der Waals surface area contributed by atoms with E-state index in [1.54, 1.807) is 6.20 Å². The zero-order valence-electron chi connectivity index (χ0n) is 6.03. The second-order valence-electron chi connectivity index (χ2n) is 2.46. The highest BCUT2D eigenvalue weighted by Gasteiger charge is 1.96. The molecule has 0 saturated heterocycles. The van der Waals surface area contributed by atoms with Crippen molar-refractivity contribution in [1.82, 2.24) is 14.6 Å². The van der Waals surface area contributed by atoms with Gasteiger partial charge in [-0.15, -0.1) is 0 Å². The van der Waals surface area contributed by atoms with Crippen molar-refractivity contribution in [3.8, 4) is 0 Å². The van der Waals surface area contributed by atoms with Gasteiger partial charge in [-0.05, 0) is 24.6 Å². The molecule has 0 atom stereocenters. The average Bonchev–Trinajstić information content (AvgIpc) is 2.32. The van der Waals surface area contributed by atoms with E-state index < -0.39 is 0 Å². The lowest BCUT2D eigenvalue weighted by atomic mass is 10.3. The van der Waals surface area contributed by atoms with Gasteiger partial charge in [-0.3, -0.25) is 4.40 Å². The van der Waals surface area contributed by atoms with Crippen LogP contribution in [0.1, 0.15) is 5.56 Å². The molecule has 2 rings (SSSR count). The number of aromatic nitrogens is 3. The molecule has 0 spiro atoms. The minimum Gasteiger partial charge on any atom is -0.250 e. The third kappa shape index (κ3) is 0.832. The van der Waals surface area contributed by atoms with Crippen molar-refractivity contribution in [2.24, 2.45) is 0 Å². The predicted molar refractivity (Wildman–Crippen MR) is 40.5 cm³/mol. The number of nitrogens with zero attached hydrogens (tertiary/aromatic N) is 2. The maximum atomic E-state index is 10.9. The Morgan fingerprint density at radius 3 is 3.27 bits per heavy atom. The number of fused-ring (bicyclic) bond motifs is 1. The first-order valence-corrected chi connectivity index (χ1v) is 3.31. The summed E-state index contributed by atoms with van der Waals surface area (Å²) in [6.07, 6.45) is 1.70. The molecule has 0 bridgehead atoms. The van der Waals surface area contributed by atoms with E-state index in [4.69, 9.17) is 0 Å². The number of nitrogens with one attached hydrogen (secondary N) is 1. The van der Waals surface area contributed by atoms with Crippen LogP contribution in [0.5, 0.6) is 0 Å². The summed E-state index contributed by atoms with van der Waals surface area (Å²) in [6.45, 7) is 1.96. The molecule has 0 aliphatic rings. The van der Waals surface area contributed by atoms with Gasteiger partial charge in [0, 0.05) is 6.20 Å². The molecular formula is C7H7N3O. The first kappa shape index (κ1) is 6.15. The summed E-state index contributed by atoms with van der Waals surface area (Å²) in [7, 11) is 0. The fourth-order valence-electron chi connectivity index (χ4n) is 1.01. The number of aryl methyl sites for hydroxylation is 1. The monoisotopic (exact) mass is 149 g/mol.